The SMILES string of the molecule is CC(C)(C)OC(=O)CC[C@H](NC(=O)CNC(=O)CCC(=O)CCC(=O)CCC(=O)CCC(=O)CCC(=O)CCC(=O)CCC(=O)CCC(=O)CCNC(=O)CCCC#Cc1cnc(S(C)(=O)=O)nc1)C(=O)Nc1cc(C(=O)O[C@]2(C(=O)SCF)CC[C@H]3[C@@H]4C[C@H](F)C5=CC(=O)C=C[C@]5(C)[C@@]4(F)[C@@H](O)C[C@@]32C)ccc1F. The van der Waals surface area contributed by atoms with Crippen LogP contribution in [0, 0.1) is 40.3 Å². The first-order valence-electron chi connectivity index (χ1n) is 36.4. The van der Waals surface area contributed by atoms with Gasteiger partial charge in [0.15, 0.2) is 17.1 Å². The van der Waals surface area contributed by atoms with Crippen molar-refractivity contribution in [3.8, 4) is 11.8 Å². The van der Waals surface area contributed by atoms with E-state index < -0.39 is 193 Å². The highest BCUT2D eigenvalue weighted by Gasteiger charge is 2.76. The molecule has 0 saturated heterocycles. The molecule has 9 atom stereocenters. The first-order chi connectivity index (χ1) is 51.6. The van der Waals surface area contributed by atoms with Gasteiger partial charge in [0.25, 0.3) is 0 Å². The Morgan fingerprint density at radius 2 is 1.24 bits per heavy atom. The zero-order chi connectivity index (χ0) is 81.5. The molecule has 110 heavy (non-hydrogen) atoms. The summed E-state index contributed by atoms with van der Waals surface area (Å²) >= 11 is 0.157. The number of benzene rings is 1. The van der Waals surface area contributed by atoms with Gasteiger partial charge in [-0.3, -0.25) is 71.9 Å². The fourth-order valence-electron chi connectivity index (χ4n) is 14.2. The Morgan fingerprint density at radius 3 is 1.75 bits per heavy atom. The van der Waals surface area contributed by atoms with E-state index in [2.05, 4.69) is 43.1 Å². The Balaban J connectivity index is 0.857. The average Bonchev–Trinajstić information content (AvgIpc) is 1.35. The summed E-state index contributed by atoms with van der Waals surface area (Å²) in [6.07, 6.45) is -1.68. The number of ketones is 9. The second kappa shape index (κ2) is 40.2. The molecule has 4 aliphatic carbocycles. The molecule has 5 N–H and O–H groups in total. The molecule has 0 aliphatic heterocycles. The smallest absolute Gasteiger partial charge is 0.339 e. The minimum absolute atomic E-state index is 0.00217. The van der Waals surface area contributed by atoms with Crippen molar-refractivity contribution in [2.45, 2.75) is 242 Å². The van der Waals surface area contributed by atoms with Crippen LogP contribution in [0.25, 0.3) is 0 Å². The van der Waals surface area contributed by atoms with Gasteiger partial charge in [0.2, 0.25) is 43.7 Å². The number of nitrogens with zero attached hydrogens (tertiary/aromatic N) is 2. The third-order valence-corrected chi connectivity index (χ3v) is 21.8. The largest absolute Gasteiger partial charge is 0.460 e. The maximum atomic E-state index is 17.9. The van der Waals surface area contributed by atoms with Crippen LogP contribution in [0.5, 0.6) is 0 Å². The molecule has 27 nitrogen and oxygen atoms in total. The number of carbonyl (C=O) groups is 16. The summed E-state index contributed by atoms with van der Waals surface area (Å²) in [5, 5.41) is 20.1. The van der Waals surface area contributed by atoms with E-state index >= 15 is 13.2 Å². The van der Waals surface area contributed by atoms with Crippen LogP contribution in [0.3, 0.4) is 0 Å². The Hall–Kier alpha value is -9.16. The van der Waals surface area contributed by atoms with Gasteiger partial charge in [-0.1, -0.05) is 24.8 Å². The number of aliphatic hydroxyl groups is 1. The molecule has 0 bridgehead atoms. The number of amides is 4. The fourth-order valence-corrected chi connectivity index (χ4v) is 15.4. The predicted octanol–water partition coefficient (Wildman–Crippen LogP) is 7.60. The van der Waals surface area contributed by atoms with E-state index in [4.69, 9.17) is 9.47 Å². The van der Waals surface area contributed by atoms with Crippen molar-refractivity contribution in [2.75, 3.05) is 30.7 Å². The fraction of sp³-hybridized carbons (Fsp3) is 0.584. The number of ether oxygens (including phenoxy) is 2. The molecule has 0 unspecified atom stereocenters. The van der Waals surface area contributed by atoms with Gasteiger partial charge in [-0.2, -0.15) is 0 Å². The van der Waals surface area contributed by atoms with Gasteiger partial charge in [-0.05, 0) is 120 Å². The molecule has 0 spiro atoms. The summed E-state index contributed by atoms with van der Waals surface area (Å²) in [5.74, 6) is -6.74. The van der Waals surface area contributed by atoms with Gasteiger partial charge in [0.05, 0.1) is 29.5 Å². The average molecular weight is 1580 g/mol. The molecular formula is C77H94F4N6O21S2. The number of hydrogen-bond donors (Lipinski definition) is 5. The van der Waals surface area contributed by atoms with Gasteiger partial charge in [-0.15, -0.1) is 0 Å². The van der Waals surface area contributed by atoms with Crippen LogP contribution in [0.15, 0.2) is 59.6 Å². The molecule has 1 aromatic carbocycles. The van der Waals surface area contributed by atoms with Gasteiger partial charge >= 0.3 is 11.9 Å². The van der Waals surface area contributed by atoms with Crippen molar-refractivity contribution in [3.05, 3.63) is 71.3 Å². The third-order valence-electron chi connectivity index (χ3n) is 20.2. The van der Waals surface area contributed by atoms with Gasteiger partial charge in [0.1, 0.15) is 75.9 Å². The van der Waals surface area contributed by atoms with Crippen LogP contribution in [-0.4, -0.2) is 177 Å². The van der Waals surface area contributed by atoms with Crippen molar-refractivity contribution in [1.82, 2.24) is 25.9 Å². The zero-order valence-corrected chi connectivity index (χ0v) is 64.0. The topological polar surface area (TPSA) is 420 Å². The minimum atomic E-state index is -3.54. The highest BCUT2D eigenvalue weighted by molar-refractivity contribution is 8.13. The van der Waals surface area contributed by atoms with E-state index in [9.17, 15) is 94.6 Å². The molecule has 2 aromatic rings. The molecule has 598 valence electrons. The summed E-state index contributed by atoms with van der Waals surface area (Å²) in [6, 6.07) is -0.393. The number of carbonyl (C=O) groups excluding carboxylic acids is 16. The number of aliphatic hydroxyl groups excluding tert-OH is 1. The lowest BCUT2D eigenvalue weighted by Crippen LogP contribution is -2.70. The highest BCUT2D eigenvalue weighted by atomic mass is 32.2. The van der Waals surface area contributed by atoms with Crippen LogP contribution in [0.2, 0.25) is 0 Å². The second-order valence-corrected chi connectivity index (χ2v) is 32.2. The van der Waals surface area contributed by atoms with Crippen molar-refractivity contribution in [2.24, 2.45) is 22.7 Å². The number of esters is 2. The standard InChI is InChI=1S/C77H94F4N6O21S2/c1-73(2,3)107-68(101)31-29-62(69(102)87-63-38-47(12-28-60(63)79)70(103)108-76(71(104)109-45-78)36-33-57-58-40-61(80)59-39-56(96)32-35-74(59,4)77(58,81)64(97)41-75(57,76)5)86-67(100)44-83-66(99)30-27-54(94)24-23-52(92)20-19-50(90)16-15-48(88)13-14-49(89)17-18-51(91)21-22-53(93)25-26-55(95)34-37-82-65(98)11-9-7-8-10-46-42-84-72(85-43-46)110(6,105)106/h12,28,32,35,38-39,42-43,57-58,61-62,64,97H,7,9,11,13-27,29-31,33-34,36-37,40-41,44-45H2,1-6H3,(H,82,98)(H,83,99)(H,86,100)(H,87,102)/t57-,58-,61-,62-,64-,74-,75-,76-,77-/m0/s1. The number of halogens is 4. The maximum Gasteiger partial charge on any atom is 0.339 e. The van der Waals surface area contributed by atoms with Crippen molar-refractivity contribution in [3.63, 3.8) is 0 Å². The molecule has 6 rings (SSSR count). The number of alkyl halides is 3. The molecule has 3 saturated carbocycles. The van der Waals surface area contributed by atoms with Crippen molar-refractivity contribution >= 4 is 120 Å². The number of Topliss-reactive ketones (excluding diaryl/α,β-unsaturated/α-hetero) is 8. The number of sulfone groups is 1. The summed E-state index contributed by atoms with van der Waals surface area (Å²) < 4.78 is 98.2. The highest BCUT2D eigenvalue weighted by Crippen LogP contribution is 2.71. The van der Waals surface area contributed by atoms with E-state index in [1.165, 1.54) is 32.3 Å². The number of hydrogen-bond acceptors (Lipinski definition) is 24. The number of allylic oxidation sites excluding steroid dienone is 4. The molecule has 33 heteroatoms. The van der Waals surface area contributed by atoms with Crippen LogP contribution in [0.1, 0.15) is 217 Å². The Labute approximate surface area is 638 Å². The number of rotatable bonds is 43. The number of unbranched alkanes of at least 4 members (excludes halogenated alkanes) is 1. The number of anilines is 1. The van der Waals surface area contributed by atoms with Crippen LogP contribution < -0.4 is 21.3 Å². The number of aromatic nitrogens is 2. The minimum Gasteiger partial charge on any atom is -0.460 e. The molecule has 0 radical (unpaired) electrons. The molecule has 4 amide bonds. The molecular weight excluding hydrogens is 1480 g/mol. The van der Waals surface area contributed by atoms with E-state index in [1.807, 2.05) is 0 Å². The molecule has 1 aromatic heterocycles. The van der Waals surface area contributed by atoms with Gasteiger partial charge < -0.3 is 35.8 Å². The predicted molar refractivity (Wildman–Crippen MR) is 388 cm³/mol. The Morgan fingerprint density at radius 1 is 0.718 bits per heavy atom. The van der Waals surface area contributed by atoms with Gasteiger partial charge in [-0.25, -0.2) is 40.7 Å². The van der Waals surface area contributed by atoms with Crippen molar-refractivity contribution < 1.29 is 117 Å². The Kier molecular flexibility index (Phi) is 32.8. The molecule has 3 fully saturated rings. The quantitative estimate of drug-likeness (QED) is 0.0140. The lowest BCUT2D eigenvalue weighted by Gasteiger charge is -2.63. The normalized spacial score (nSPS) is 22.0. The van der Waals surface area contributed by atoms with Crippen LogP contribution in [0.4, 0.5) is 23.2 Å². The monoisotopic (exact) mass is 1580 g/mol. The van der Waals surface area contributed by atoms with Crippen LogP contribution >= 0.6 is 11.8 Å². The number of fused-ring (bicyclic) bond motifs is 5. The number of nitrogens with one attached hydrogen (secondary N) is 4. The maximum absolute atomic E-state index is 17.9. The third kappa shape index (κ3) is 25.2. The Bertz CT molecular complexity index is 4150. The summed E-state index contributed by atoms with van der Waals surface area (Å²) in [4.78, 5) is 213. The van der Waals surface area contributed by atoms with Crippen molar-refractivity contribution in [1.29, 1.82) is 0 Å². The zero-order valence-electron chi connectivity index (χ0n) is 62.3. The summed E-state index contributed by atoms with van der Waals surface area (Å²) in [7, 11) is -3.54. The number of thioether (sulfide) groups is 1. The summed E-state index contributed by atoms with van der Waals surface area (Å²) in [5.41, 5.74) is -10.1. The lowest BCUT2D eigenvalue weighted by molar-refractivity contribution is -0.219. The summed E-state index contributed by atoms with van der Waals surface area (Å²) in [6.45, 7) is 6.87. The first-order valence-corrected chi connectivity index (χ1v) is 39.2. The second-order valence-electron chi connectivity index (χ2n) is 29.5. The van der Waals surface area contributed by atoms with Gasteiger partial charge in [0, 0.05) is 170 Å². The van der Waals surface area contributed by atoms with E-state index in [0.717, 1.165) is 36.6 Å². The van der Waals surface area contributed by atoms with E-state index in [1.54, 1.807) is 20.8 Å². The van der Waals surface area contributed by atoms with E-state index in [0.29, 0.717) is 18.4 Å². The molecule has 4 aliphatic rings. The van der Waals surface area contributed by atoms with E-state index in [-0.39, 0.29) is 180 Å². The first kappa shape index (κ1) is 89.7. The lowest BCUT2D eigenvalue weighted by atomic mass is 9.44. The van der Waals surface area contributed by atoms with Crippen LogP contribution in [-0.2, 0) is 91.2 Å². The molecule has 1 heterocycles.